The van der Waals surface area contributed by atoms with E-state index in [-0.39, 0.29) is 11.5 Å². The molecule has 1 aromatic rings. The van der Waals surface area contributed by atoms with Gasteiger partial charge in [0.1, 0.15) is 11.4 Å². The average molecular weight is 334 g/mol. The molecular formula is C18H30N4O2. The Morgan fingerprint density at radius 1 is 1.21 bits per heavy atom. The third-order valence-corrected chi connectivity index (χ3v) is 3.19. The lowest BCUT2D eigenvalue weighted by Gasteiger charge is -2.23. The van der Waals surface area contributed by atoms with Crippen LogP contribution in [0.4, 0.5) is 0 Å². The van der Waals surface area contributed by atoms with Crippen LogP contribution in [0.3, 0.4) is 0 Å². The van der Waals surface area contributed by atoms with Gasteiger partial charge in [0.05, 0.1) is 0 Å². The molecule has 6 heteroatoms. The molecule has 0 saturated heterocycles. The van der Waals surface area contributed by atoms with Gasteiger partial charge in [0.15, 0.2) is 5.96 Å². The lowest BCUT2D eigenvalue weighted by Crippen LogP contribution is -2.39. The topological polar surface area (TPSA) is 66.0 Å². The molecule has 24 heavy (non-hydrogen) atoms. The zero-order valence-corrected chi connectivity index (χ0v) is 15.6. The highest BCUT2D eigenvalue weighted by Crippen LogP contribution is 2.22. The van der Waals surface area contributed by atoms with Gasteiger partial charge in [-0.1, -0.05) is 18.2 Å². The Hall–Kier alpha value is -2.24. The van der Waals surface area contributed by atoms with E-state index in [1.54, 1.807) is 26.0 Å². The Kier molecular flexibility index (Phi) is 7.55. The zero-order chi connectivity index (χ0) is 18.2. The Balaban J connectivity index is 2.56. The van der Waals surface area contributed by atoms with Gasteiger partial charge in [0.2, 0.25) is 5.91 Å². The molecule has 2 N–H and O–H groups in total. The summed E-state index contributed by atoms with van der Waals surface area (Å²) < 4.78 is 5.99. The summed E-state index contributed by atoms with van der Waals surface area (Å²) in [6.45, 7) is 7.21. The molecule has 6 nitrogen and oxygen atoms in total. The van der Waals surface area contributed by atoms with Gasteiger partial charge in [0.25, 0.3) is 0 Å². The number of amides is 1. The number of nitrogens with zero attached hydrogens (tertiary/aromatic N) is 2. The van der Waals surface area contributed by atoms with Crippen LogP contribution in [0.5, 0.6) is 5.75 Å². The highest BCUT2D eigenvalue weighted by atomic mass is 16.5. The fourth-order valence-corrected chi connectivity index (χ4v) is 1.99. The van der Waals surface area contributed by atoms with Crippen molar-refractivity contribution in [2.24, 2.45) is 4.99 Å². The van der Waals surface area contributed by atoms with Crippen LogP contribution in [0.15, 0.2) is 29.3 Å². The van der Waals surface area contributed by atoms with Crippen LogP contribution < -0.4 is 15.4 Å². The van der Waals surface area contributed by atoms with Crippen molar-refractivity contribution in [3.8, 4) is 5.75 Å². The quantitative estimate of drug-likeness (QED) is 0.617. The van der Waals surface area contributed by atoms with E-state index < -0.39 is 0 Å². The second-order valence-corrected chi connectivity index (χ2v) is 6.71. The van der Waals surface area contributed by atoms with Gasteiger partial charge >= 0.3 is 0 Å². The number of hydrogen-bond donors (Lipinski definition) is 2. The maximum Gasteiger partial charge on any atom is 0.223 e. The summed E-state index contributed by atoms with van der Waals surface area (Å²) in [5.41, 5.74) is 0.808. The lowest BCUT2D eigenvalue weighted by molar-refractivity contribution is -0.128. The van der Waals surface area contributed by atoms with Crippen LogP contribution >= 0.6 is 0 Å². The summed E-state index contributed by atoms with van der Waals surface area (Å²) in [7, 11) is 5.21. The van der Waals surface area contributed by atoms with E-state index in [9.17, 15) is 4.79 Å². The van der Waals surface area contributed by atoms with Crippen LogP contribution in [0.2, 0.25) is 0 Å². The molecule has 0 aliphatic heterocycles. The van der Waals surface area contributed by atoms with Crippen LogP contribution in [0.1, 0.15) is 32.8 Å². The number of ether oxygens (including phenoxy) is 1. The number of benzene rings is 1. The number of carbonyl (C=O) groups excluding carboxylic acids is 1. The summed E-state index contributed by atoms with van der Waals surface area (Å²) in [6.07, 6.45) is 0.428. The summed E-state index contributed by atoms with van der Waals surface area (Å²) in [5, 5.41) is 6.39. The molecule has 0 radical (unpaired) electrons. The number of nitrogens with one attached hydrogen (secondary N) is 2. The minimum absolute atomic E-state index is 0.0851. The van der Waals surface area contributed by atoms with Crippen molar-refractivity contribution in [2.75, 3.05) is 27.7 Å². The number of carbonyl (C=O) groups is 1. The van der Waals surface area contributed by atoms with E-state index >= 15 is 0 Å². The van der Waals surface area contributed by atoms with Crippen molar-refractivity contribution < 1.29 is 9.53 Å². The largest absolute Gasteiger partial charge is 0.488 e. The first-order valence-corrected chi connectivity index (χ1v) is 8.14. The molecule has 134 valence electrons. The van der Waals surface area contributed by atoms with E-state index in [1.807, 2.05) is 45.0 Å². The summed E-state index contributed by atoms with van der Waals surface area (Å²) in [5.74, 6) is 1.60. The highest BCUT2D eigenvalue weighted by Gasteiger charge is 2.14. The molecule has 0 spiro atoms. The van der Waals surface area contributed by atoms with E-state index in [0.717, 1.165) is 11.3 Å². The molecule has 0 saturated carbocycles. The molecule has 0 bridgehead atoms. The standard InChI is InChI=1S/C18H30N4O2/c1-18(2,3)24-15-10-8-7-9-14(15)13-21-17(19-4)20-12-11-16(23)22(5)6/h7-10H,11-13H2,1-6H3,(H2,19,20,21). The van der Waals surface area contributed by atoms with Crippen LogP contribution in [-0.4, -0.2) is 50.1 Å². The van der Waals surface area contributed by atoms with E-state index in [4.69, 9.17) is 4.74 Å². The molecule has 0 aliphatic carbocycles. The molecule has 0 heterocycles. The van der Waals surface area contributed by atoms with Crippen LogP contribution in [0, 0.1) is 0 Å². The Bertz CT molecular complexity index is 562. The van der Waals surface area contributed by atoms with Crippen LogP contribution in [-0.2, 0) is 11.3 Å². The van der Waals surface area contributed by atoms with E-state index in [2.05, 4.69) is 15.6 Å². The third kappa shape index (κ3) is 7.35. The molecule has 0 aliphatic rings. The predicted octanol–water partition coefficient (Wildman–Crippen LogP) is 2.01. The number of para-hydroxylation sites is 1. The number of hydrogen-bond acceptors (Lipinski definition) is 3. The first-order chi connectivity index (χ1) is 11.2. The maximum atomic E-state index is 11.6. The van der Waals surface area contributed by atoms with Crippen LogP contribution in [0.25, 0.3) is 0 Å². The second kappa shape index (κ2) is 9.15. The molecule has 1 amide bonds. The highest BCUT2D eigenvalue weighted by molar-refractivity contribution is 5.81. The van der Waals surface area contributed by atoms with Gasteiger partial charge in [-0.3, -0.25) is 9.79 Å². The Morgan fingerprint density at radius 3 is 2.46 bits per heavy atom. The van der Waals surface area contributed by atoms with Gasteiger partial charge in [-0.25, -0.2) is 0 Å². The van der Waals surface area contributed by atoms with Gasteiger partial charge in [-0.2, -0.15) is 0 Å². The Morgan fingerprint density at radius 2 is 1.88 bits per heavy atom. The smallest absolute Gasteiger partial charge is 0.223 e. The molecule has 0 unspecified atom stereocenters. The SMILES string of the molecule is CN=C(NCCC(=O)N(C)C)NCc1ccccc1OC(C)(C)C. The van der Waals surface area contributed by atoms with Gasteiger partial charge < -0.3 is 20.3 Å². The zero-order valence-electron chi connectivity index (χ0n) is 15.6. The molecule has 0 fully saturated rings. The predicted molar refractivity (Wildman–Crippen MR) is 98.3 cm³/mol. The third-order valence-electron chi connectivity index (χ3n) is 3.19. The van der Waals surface area contributed by atoms with Gasteiger partial charge in [-0.05, 0) is 26.8 Å². The average Bonchev–Trinajstić information content (AvgIpc) is 2.50. The fraction of sp³-hybridized carbons (Fsp3) is 0.556. The van der Waals surface area contributed by atoms with Gasteiger partial charge in [-0.15, -0.1) is 0 Å². The summed E-state index contributed by atoms with van der Waals surface area (Å²) >= 11 is 0. The molecular weight excluding hydrogens is 304 g/mol. The van der Waals surface area contributed by atoms with Crippen molar-refractivity contribution in [1.82, 2.24) is 15.5 Å². The molecule has 0 atom stereocenters. The van der Waals surface area contributed by atoms with Gasteiger partial charge in [0, 0.05) is 46.2 Å². The molecule has 0 aromatic heterocycles. The summed E-state index contributed by atoms with van der Waals surface area (Å²) in [4.78, 5) is 17.3. The summed E-state index contributed by atoms with van der Waals surface area (Å²) in [6, 6.07) is 7.94. The monoisotopic (exact) mass is 334 g/mol. The number of aliphatic imine (C=N–C) groups is 1. The maximum absolute atomic E-state index is 11.6. The minimum Gasteiger partial charge on any atom is -0.488 e. The van der Waals surface area contributed by atoms with Crippen molar-refractivity contribution in [2.45, 2.75) is 39.3 Å². The second-order valence-electron chi connectivity index (χ2n) is 6.71. The number of guanidine groups is 1. The molecule has 1 aromatic carbocycles. The fourth-order valence-electron chi connectivity index (χ4n) is 1.99. The Labute approximate surface area is 145 Å². The van der Waals surface area contributed by atoms with Crippen molar-refractivity contribution >= 4 is 11.9 Å². The van der Waals surface area contributed by atoms with Crippen molar-refractivity contribution in [3.05, 3.63) is 29.8 Å². The van der Waals surface area contributed by atoms with Crippen molar-refractivity contribution in [3.63, 3.8) is 0 Å². The number of rotatable bonds is 6. The first-order valence-electron chi connectivity index (χ1n) is 8.14. The molecule has 1 rings (SSSR count). The van der Waals surface area contributed by atoms with E-state index in [0.29, 0.717) is 25.5 Å². The minimum atomic E-state index is -0.247. The normalized spacial score (nSPS) is 11.8. The van der Waals surface area contributed by atoms with E-state index in [1.165, 1.54) is 0 Å². The first kappa shape index (κ1) is 19.8. The van der Waals surface area contributed by atoms with Crippen molar-refractivity contribution in [1.29, 1.82) is 0 Å². The lowest BCUT2D eigenvalue weighted by atomic mass is 10.1.